The first-order valence-corrected chi connectivity index (χ1v) is 6.47. The van der Waals surface area contributed by atoms with E-state index in [9.17, 15) is 0 Å². The van der Waals surface area contributed by atoms with Crippen molar-refractivity contribution < 1.29 is 4.74 Å². The van der Waals surface area contributed by atoms with Gasteiger partial charge in [-0.25, -0.2) is 0 Å². The fourth-order valence-electron chi connectivity index (χ4n) is 1.97. The van der Waals surface area contributed by atoms with Gasteiger partial charge in [-0.15, -0.1) is 0 Å². The molecule has 4 nitrogen and oxygen atoms in total. The quantitative estimate of drug-likeness (QED) is 0.795. The number of hydrogen-bond donors (Lipinski definition) is 0. The van der Waals surface area contributed by atoms with E-state index in [1.54, 1.807) is 6.20 Å². The zero-order chi connectivity index (χ0) is 13.7. The van der Waals surface area contributed by atoms with E-state index < -0.39 is 0 Å². The van der Waals surface area contributed by atoms with Crippen LogP contribution in [0.15, 0.2) is 42.6 Å². The molecule has 102 valence electrons. The van der Waals surface area contributed by atoms with E-state index in [0.717, 1.165) is 17.8 Å². The third-order valence-electron chi connectivity index (χ3n) is 3.05. The van der Waals surface area contributed by atoms with Gasteiger partial charge in [0.05, 0.1) is 12.3 Å². The second-order valence-corrected chi connectivity index (χ2v) is 4.84. The Balaban J connectivity index is 2.17. The van der Waals surface area contributed by atoms with Crippen LogP contribution >= 0.6 is 0 Å². The highest BCUT2D eigenvalue weighted by atomic mass is 16.5. The topological polar surface area (TPSA) is 30.3 Å². The highest BCUT2D eigenvalue weighted by Gasteiger charge is 2.17. The second-order valence-electron chi connectivity index (χ2n) is 4.84. The lowest BCUT2D eigenvalue weighted by Gasteiger charge is -2.20. The lowest BCUT2D eigenvalue weighted by Crippen LogP contribution is -2.20. The molecular weight excluding hydrogens is 238 g/mol. The van der Waals surface area contributed by atoms with Crippen LogP contribution in [-0.4, -0.2) is 41.9 Å². The van der Waals surface area contributed by atoms with Crippen molar-refractivity contribution in [2.24, 2.45) is 7.05 Å². The molecule has 0 unspecified atom stereocenters. The first-order valence-electron chi connectivity index (χ1n) is 6.47. The van der Waals surface area contributed by atoms with E-state index in [1.165, 1.54) is 0 Å². The van der Waals surface area contributed by atoms with Gasteiger partial charge in [-0.2, -0.15) is 5.10 Å². The summed E-state index contributed by atoms with van der Waals surface area (Å²) in [5.74, 6) is 0. The van der Waals surface area contributed by atoms with Gasteiger partial charge in [0.1, 0.15) is 6.10 Å². The van der Waals surface area contributed by atoms with Gasteiger partial charge < -0.3 is 9.64 Å². The minimum atomic E-state index is -0.0614. The van der Waals surface area contributed by atoms with E-state index in [2.05, 4.69) is 22.1 Å². The van der Waals surface area contributed by atoms with Crippen LogP contribution in [0.5, 0.6) is 0 Å². The third-order valence-corrected chi connectivity index (χ3v) is 3.05. The predicted octanol–water partition coefficient (Wildman–Crippen LogP) is 2.09. The monoisotopic (exact) mass is 259 g/mol. The molecule has 1 aromatic heterocycles. The number of hydrogen-bond acceptors (Lipinski definition) is 3. The molecule has 0 spiro atoms. The second kappa shape index (κ2) is 6.50. The Morgan fingerprint density at radius 2 is 1.95 bits per heavy atom. The van der Waals surface area contributed by atoms with Crippen LogP contribution in [0.4, 0.5) is 0 Å². The molecule has 0 amide bonds. The fourth-order valence-corrected chi connectivity index (χ4v) is 1.97. The van der Waals surface area contributed by atoms with Gasteiger partial charge in [0.15, 0.2) is 0 Å². The van der Waals surface area contributed by atoms with Crippen LogP contribution in [-0.2, 0) is 11.8 Å². The molecule has 2 aromatic rings. The summed E-state index contributed by atoms with van der Waals surface area (Å²) in [6, 6.07) is 12.3. The van der Waals surface area contributed by atoms with E-state index in [0.29, 0.717) is 6.61 Å². The summed E-state index contributed by atoms with van der Waals surface area (Å²) >= 11 is 0. The number of aryl methyl sites for hydroxylation is 1. The number of ether oxygens (including phenoxy) is 1. The van der Waals surface area contributed by atoms with Crippen molar-refractivity contribution in [3.8, 4) is 0 Å². The van der Waals surface area contributed by atoms with Gasteiger partial charge in [0, 0.05) is 19.8 Å². The van der Waals surface area contributed by atoms with Crippen LogP contribution in [0.3, 0.4) is 0 Å². The van der Waals surface area contributed by atoms with Crippen LogP contribution in [0.2, 0.25) is 0 Å². The first kappa shape index (κ1) is 13.8. The lowest BCUT2D eigenvalue weighted by molar-refractivity contribution is 0.0638. The Labute approximate surface area is 114 Å². The standard InChI is InChI=1S/C15H21N3O/c1-17(2)11-12-19-15(13-7-5-4-6-8-13)14-9-10-16-18(14)3/h4-10,15H,11-12H2,1-3H3/t15-/m0/s1. The number of aromatic nitrogens is 2. The van der Waals surface area contributed by atoms with Crippen molar-refractivity contribution in [1.29, 1.82) is 0 Å². The van der Waals surface area contributed by atoms with Gasteiger partial charge in [0.25, 0.3) is 0 Å². The Bertz CT molecular complexity index is 493. The zero-order valence-electron chi connectivity index (χ0n) is 11.8. The summed E-state index contributed by atoms with van der Waals surface area (Å²) < 4.78 is 7.93. The van der Waals surface area contributed by atoms with E-state index in [-0.39, 0.29) is 6.10 Å². The summed E-state index contributed by atoms with van der Waals surface area (Å²) in [6.45, 7) is 1.60. The van der Waals surface area contributed by atoms with Gasteiger partial charge in [0.2, 0.25) is 0 Å². The lowest BCUT2D eigenvalue weighted by atomic mass is 10.1. The van der Waals surface area contributed by atoms with Crippen molar-refractivity contribution in [1.82, 2.24) is 14.7 Å². The molecule has 0 saturated heterocycles. The summed E-state index contributed by atoms with van der Waals surface area (Å²) in [4.78, 5) is 2.12. The maximum absolute atomic E-state index is 6.06. The molecule has 1 heterocycles. The minimum absolute atomic E-state index is 0.0614. The van der Waals surface area contributed by atoms with Gasteiger partial charge in [-0.05, 0) is 25.7 Å². The van der Waals surface area contributed by atoms with Crippen molar-refractivity contribution in [3.63, 3.8) is 0 Å². The maximum Gasteiger partial charge on any atom is 0.124 e. The zero-order valence-corrected chi connectivity index (χ0v) is 11.8. The van der Waals surface area contributed by atoms with Crippen molar-refractivity contribution in [3.05, 3.63) is 53.9 Å². The largest absolute Gasteiger partial charge is 0.366 e. The predicted molar refractivity (Wildman–Crippen MR) is 76.0 cm³/mol. The van der Waals surface area contributed by atoms with E-state index in [1.807, 2.05) is 50.1 Å². The summed E-state index contributed by atoms with van der Waals surface area (Å²) in [5, 5.41) is 4.23. The molecule has 4 heteroatoms. The average molecular weight is 259 g/mol. The number of rotatable bonds is 6. The molecule has 0 aliphatic rings. The molecule has 1 aromatic carbocycles. The van der Waals surface area contributed by atoms with Gasteiger partial charge in [-0.3, -0.25) is 4.68 Å². The van der Waals surface area contributed by atoms with Crippen LogP contribution < -0.4 is 0 Å². The molecule has 0 radical (unpaired) electrons. The molecule has 0 bridgehead atoms. The summed E-state index contributed by atoms with van der Waals surface area (Å²) in [6.07, 6.45) is 1.74. The first-order chi connectivity index (χ1) is 9.18. The van der Waals surface area contributed by atoms with Crippen molar-refractivity contribution in [2.45, 2.75) is 6.10 Å². The Kier molecular flexibility index (Phi) is 4.71. The van der Waals surface area contributed by atoms with E-state index in [4.69, 9.17) is 4.74 Å². The molecular formula is C15H21N3O. The molecule has 0 N–H and O–H groups in total. The molecule has 1 atom stereocenters. The van der Waals surface area contributed by atoms with E-state index >= 15 is 0 Å². The Morgan fingerprint density at radius 1 is 1.21 bits per heavy atom. The highest BCUT2D eigenvalue weighted by molar-refractivity contribution is 5.25. The number of benzene rings is 1. The van der Waals surface area contributed by atoms with Crippen LogP contribution in [0, 0.1) is 0 Å². The fraction of sp³-hybridized carbons (Fsp3) is 0.400. The average Bonchev–Trinajstić information content (AvgIpc) is 2.82. The summed E-state index contributed by atoms with van der Waals surface area (Å²) in [5.41, 5.74) is 2.23. The molecule has 2 rings (SSSR count). The molecule has 19 heavy (non-hydrogen) atoms. The SMILES string of the molecule is CN(C)CCO[C@@H](c1ccccc1)c1ccnn1C. The minimum Gasteiger partial charge on any atom is -0.366 e. The number of nitrogens with zero attached hydrogens (tertiary/aromatic N) is 3. The number of likely N-dealkylation sites (N-methyl/N-ethyl adjacent to an activating group) is 1. The van der Waals surface area contributed by atoms with Crippen molar-refractivity contribution in [2.75, 3.05) is 27.2 Å². The smallest absolute Gasteiger partial charge is 0.124 e. The maximum atomic E-state index is 6.06. The van der Waals surface area contributed by atoms with Crippen LogP contribution in [0.1, 0.15) is 17.4 Å². The Morgan fingerprint density at radius 3 is 2.53 bits per heavy atom. The molecule has 0 aliphatic carbocycles. The van der Waals surface area contributed by atoms with Crippen LogP contribution in [0.25, 0.3) is 0 Å². The van der Waals surface area contributed by atoms with Gasteiger partial charge in [-0.1, -0.05) is 30.3 Å². The summed E-state index contributed by atoms with van der Waals surface area (Å²) in [7, 11) is 6.04. The molecule has 0 fully saturated rings. The van der Waals surface area contributed by atoms with Crippen molar-refractivity contribution >= 4 is 0 Å². The molecule has 0 saturated carbocycles. The normalized spacial score (nSPS) is 12.8. The Hall–Kier alpha value is -1.65. The molecule has 0 aliphatic heterocycles. The third kappa shape index (κ3) is 3.66. The van der Waals surface area contributed by atoms with Gasteiger partial charge >= 0.3 is 0 Å². The highest BCUT2D eigenvalue weighted by Crippen LogP contribution is 2.25.